The Labute approximate surface area is 112 Å². The zero-order chi connectivity index (χ0) is 14.3. The number of hydrogen-bond donors (Lipinski definition) is 1. The summed E-state index contributed by atoms with van der Waals surface area (Å²) in [5, 5.41) is 9.38. The highest BCUT2D eigenvalue weighted by Crippen LogP contribution is 2.17. The Hall–Kier alpha value is -2.04. The molecule has 0 aliphatic carbocycles. The van der Waals surface area contributed by atoms with E-state index in [2.05, 4.69) is 0 Å². The molecule has 0 fully saturated rings. The highest BCUT2D eigenvalue weighted by atomic mass is 16.6. The number of phenolic OH excluding ortho intramolecular Hbond substituents is 1. The number of carbonyl (C=O) groups is 2. The third kappa shape index (κ3) is 4.62. The molecule has 1 aromatic carbocycles. The van der Waals surface area contributed by atoms with Crippen LogP contribution in [0.5, 0.6) is 5.75 Å². The molecule has 5 nitrogen and oxygen atoms in total. The fourth-order valence-electron chi connectivity index (χ4n) is 1.67. The molecule has 0 aromatic heterocycles. The standard InChI is InChI=1S/C14H18O5/c1-3-18-13(16)12(14(17)19-4-2)9-10-6-5-7-11(15)8-10/h5-8,12,15H,3-4,9H2,1-2H3. The molecule has 0 saturated heterocycles. The predicted molar refractivity (Wildman–Crippen MR) is 68.6 cm³/mol. The molecule has 5 heteroatoms. The second-order valence-corrected chi connectivity index (χ2v) is 3.93. The van der Waals surface area contributed by atoms with Crippen molar-refractivity contribution in [2.75, 3.05) is 13.2 Å². The maximum absolute atomic E-state index is 11.8. The molecule has 0 bridgehead atoms. The molecule has 104 valence electrons. The topological polar surface area (TPSA) is 72.8 Å². The Morgan fingerprint density at radius 3 is 2.21 bits per heavy atom. The monoisotopic (exact) mass is 266 g/mol. The molecule has 0 aliphatic rings. The van der Waals surface area contributed by atoms with E-state index in [0.717, 1.165) is 0 Å². The average Bonchev–Trinajstić information content (AvgIpc) is 2.36. The summed E-state index contributed by atoms with van der Waals surface area (Å²) in [5.41, 5.74) is 0.672. The molecule has 0 amide bonds. The van der Waals surface area contributed by atoms with Gasteiger partial charge in [-0.25, -0.2) is 0 Å². The largest absolute Gasteiger partial charge is 0.508 e. The highest BCUT2D eigenvalue weighted by molar-refractivity contribution is 5.95. The number of phenols is 1. The minimum Gasteiger partial charge on any atom is -0.508 e. The predicted octanol–water partition coefficient (Wildman–Crippen LogP) is 1.68. The molecule has 19 heavy (non-hydrogen) atoms. The molecule has 1 N–H and O–H groups in total. The molecular weight excluding hydrogens is 248 g/mol. The van der Waals surface area contributed by atoms with Crippen molar-refractivity contribution in [2.45, 2.75) is 20.3 Å². The van der Waals surface area contributed by atoms with Gasteiger partial charge in [-0.2, -0.15) is 0 Å². The molecule has 0 spiro atoms. The minimum absolute atomic E-state index is 0.0870. The summed E-state index contributed by atoms with van der Waals surface area (Å²) in [6.45, 7) is 3.76. The van der Waals surface area contributed by atoms with Crippen LogP contribution in [-0.4, -0.2) is 30.3 Å². The van der Waals surface area contributed by atoms with Gasteiger partial charge < -0.3 is 14.6 Å². The van der Waals surface area contributed by atoms with Crippen LogP contribution in [0.1, 0.15) is 19.4 Å². The second kappa shape index (κ2) is 7.41. The lowest BCUT2D eigenvalue weighted by atomic mass is 9.99. The van der Waals surface area contributed by atoms with E-state index in [1.807, 2.05) is 0 Å². The number of aromatic hydroxyl groups is 1. The van der Waals surface area contributed by atoms with Gasteiger partial charge in [0.15, 0.2) is 5.92 Å². The van der Waals surface area contributed by atoms with Crippen LogP contribution in [-0.2, 0) is 25.5 Å². The van der Waals surface area contributed by atoms with E-state index in [1.165, 1.54) is 12.1 Å². The maximum Gasteiger partial charge on any atom is 0.320 e. The Morgan fingerprint density at radius 1 is 1.16 bits per heavy atom. The van der Waals surface area contributed by atoms with Crippen molar-refractivity contribution in [3.8, 4) is 5.75 Å². The number of rotatable bonds is 6. The first-order chi connectivity index (χ1) is 9.08. The lowest BCUT2D eigenvalue weighted by Gasteiger charge is -2.14. The first-order valence-electron chi connectivity index (χ1n) is 6.19. The number of benzene rings is 1. The van der Waals surface area contributed by atoms with Crippen LogP contribution in [0.2, 0.25) is 0 Å². The van der Waals surface area contributed by atoms with Crippen molar-refractivity contribution in [1.29, 1.82) is 0 Å². The molecule has 0 aliphatic heterocycles. The third-order valence-electron chi connectivity index (χ3n) is 2.49. The van der Waals surface area contributed by atoms with Gasteiger partial charge in [-0.1, -0.05) is 12.1 Å². The van der Waals surface area contributed by atoms with Gasteiger partial charge in [0.2, 0.25) is 0 Å². The van der Waals surface area contributed by atoms with Crippen LogP contribution in [0.25, 0.3) is 0 Å². The van der Waals surface area contributed by atoms with E-state index >= 15 is 0 Å². The van der Waals surface area contributed by atoms with Crippen molar-refractivity contribution >= 4 is 11.9 Å². The molecule has 0 radical (unpaired) electrons. The summed E-state index contributed by atoms with van der Waals surface area (Å²) in [6, 6.07) is 6.40. The summed E-state index contributed by atoms with van der Waals surface area (Å²) in [5.74, 6) is -2.13. The second-order valence-electron chi connectivity index (χ2n) is 3.93. The molecule has 1 aromatic rings. The van der Waals surface area contributed by atoms with Gasteiger partial charge in [0.1, 0.15) is 5.75 Å². The first kappa shape index (κ1) is 15.0. The summed E-state index contributed by atoms with van der Waals surface area (Å²) in [4.78, 5) is 23.5. The van der Waals surface area contributed by atoms with Crippen LogP contribution in [0.15, 0.2) is 24.3 Å². The SMILES string of the molecule is CCOC(=O)C(Cc1cccc(O)c1)C(=O)OCC. The zero-order valence-electron chi connectivity index (χ0n) is 11.1. The summed E-state index contributed by atoms with van der Waals surface area (Å²) in [7, 11) is 0. The van der Waals surface area contributed by atoms with Crippen molar-refractivity contribution in [1.82, 2.24) is 0 Å². The fourth-order valence-corrected chi connectivity index (χ4v) is 1.67. The highest BCUT2D eigenvalue weighted by Gasteiger charge is 2.29. The fraction of sp³-hybridized carbons (Fsp3) is 0.429. The van der Waals surface area contributed by atoms with Crippen molar-refractivity contribution in [3.05, 3.63) is 29.8 Å². The quantitative estimate of drug-likeness (QED) is 0.626. The van der Waals surface area contributed by atoms with Crippen LogP contribution in [0.3, 0.4) is 0 Å². The van der Waals surface area contributed by atoms with E-state index in [4.69, 9.17) is 9.47 Å². The lowest BCUT2D eigenvalue weighted by Crippen LogP contribution is -2.30. The summed E-state index contributed by atoms with van der Waals surface area (Å²) in [6.07, 6.45) is 0.145. The van der Waals surface area contributed by atoms with Crippen molar-refractivity contribution in [2.24, 2.45) is 5.92 Å². The molecule has 0 atom stereocenters. The van der Waals surface area contributed by atoms with Crippen LogP contribution < -0.4 is 0 Å². The van der Waals surface area contributed by atoms with E-state index < -0.39 is 17.9 Å². The number of carbonyl (C=O) groups excluding carboxylic acids is 2. The molecule has 0 heterocycles. The Balaban J connectivity index is 2.84. The van der Waals surface area contributed by atoms with E-state index in [9.17, 15) is 14.7 Å². The number of esters is 2. The van der Waals surface area contributed by atoms with Gasteiger partial charge >= 0.3 is 11.9 Å². The van der Waals surface area contributed by atoms with Gasteiger partial charge in [-0.05, 0) is 38.0 Å². The smallest absolute Gasteiger partial charge is 0.320 e. The van der Waals surface area contributed by atoms with Gasteiger partial charge in [0.25, 0.3) is 0 Å². The zero-order valence-corrected chi connectivity index (χ0v) is 11.1. The molecule has 0 saturated carbocycles. The van der Waals surface area contributed by atoms with Gasteiger partial charge in [-0.3, -0.25) is 9.59 Å². The van der Waals surface area contributed by atoms with Crippen LogP contribution in [0.4, 0.5) is 0 Å². The Bertz CT molecular complexity index is 423. The summed E-state index contributed by atoms with van der Waals surface area (Å²) >= 11 is 0. The van der Waals surface area contributed by atoms with Gasteiger partial charge in [0, 0.05) is 0 Å². The molecule has 1 rings (SSSR count). The third-order valence-corrected chi connectivity index (χ3v) is 2.49. The maximum atomic E-state index is 11.8. The Kier molecular flexibility index (Phi) is 5.85. The lowest BCUT2D eigenvalue weighted by molar-refractivity contribution is -0.161. The van der Waals surface area contributed by atoms with E-state index in [-0.39, 0.29) is 25.4 Å². The Morgan fingerprint density at radius 2 is 1.74 bits per heavy atom. The number of ether oxygens (including phenoxy) is 2. The van der Waals surface area contributed by atoms with Gasteiger partial charge in [0.05, 0.1) is 13.2 Å². The van der Waals surface area contributed by atoms with Crippen LogP contribution >= 0.6 is 0 Å². The van der Waals surface area contributed by atoms with Gasteiger partial charge in [-0.15, -0.1) is 0 Å². The number of hydrogen-bond acceptors (Lipinski definition) is 5. The van der Waals surface area contributed by atoms with Crippen LogP contribution in [0, 0.1) is 5.92 Å². The molecular formula is C14H18O5. The van der Waals surface area contributed by atoms with E-state index in [0.29, 0.717) is 5.56 Å². The minimum atomic E-state index is -0.998. The first-order valence-corrected chi connectivity index (χ1v) is 6.19. The molecule has 0 unspecified atom stereocenters. The normalized spacial score (nSPS) is 10.3. The van der Waals surface area contributed by atoms with E-state index in [1.54, 1.807) is 26.0 Å². The average molecular weight is 266 g/mol. The van der Waals surface area contributed by atoms with Crippen molar-refractivity contribution in [3.63, 3.8) is 0 Å². The summed E-state index contributed by atoms with van der Waals surface area (Å²) < 4.78 is 9.74. The van der Waals surface area contributed by atoms with Crippen molar-refractivity contribution < 1.29 is 24.2 Å².